The van der Waals surface area contributed by atoms with E-state index < -0.39 is 0 Å². The number of rotatable bonds is 2. The lowest BCUT2D eigenvalue weighted by atomic mass is 10.3. The zero-order valence-corrected chi connectivity index (χ0v) is 9.32. The Kier molecular flexibility index (Phi) is 2.87. The lowest BCUT2D eigenvalue weighted by Crippen LogP contribution is -1.94. The molecular formula is C11H8BrNO2. The molecule has 0 aromatic heterocycles. The van der Waals surface area contributed by atoms with Gasteiger partial charge in [0.15, 0.2) is 5.76 Å². The Hall–Kier alpha value is -1.55. The summed E-state index contributed by atoms with van der Waals surface area (Å²) in [6, 6.07) is 9.62. The van der Waals surface area contributed by atoms with Crippen LogP contribution in [0.1, 0.15) is 0 Å². The molecule has 0 saturated carbocycles. The summed E-state index contributed by atoms with van der Waals surface area (Å²) >= 11 is 3.23. The molecule has 15 heavy (non-hydrogen) atoms. The lowest BCUT2D eigenvalue weighted by Gasteiger charge is -2.01. The standard InChI is InChI=1S/C11H8BrNO2/c12-9-6-11(14)15-10(9)7-13-8-4-2-1-3-5-8/h1-7,13H/b10-7-. The van der Waals surface area contributed by atoms with E-state index in [0.29, 0.717) is 10.2 Å². The smallest absolute Gasteiger partial charge is 0.337 e. The van der Waals surface area contributed by atoms with Gasteiger partial charge >= 0.3 is 5.97 Å². The number of carbonyl (C=O) groups is 1. The molecule has 1 aliphatic rings. The number of esters is 1. The van der Waals surface area contributed by atoms with Crippen molar-refractivity contribution in [1.29, 1.82) is 0 Å². The number of anilines is 1. The molecule has 0 radical (unpaired) electrons. The van der Waals surface area contributed by atoms with E-state index >= 15 is 0 Å². The van der Waals surface area contributed by atoms with Crippen LogP contribution in [0.15, 0.2) is 52.8 Å². The first-order valence-corrected chi connectivity index (χ1v) is 5.16. The number of hydrogen-bond donors (Lipinski definition) is 1. The zero-order valence-electron chi connectivity index (χ0n) is 7.74. The maximum Gasteiger partial charge on any atom is 0.337 e. The molecule has 1 N–H and O–H groups in total. The quantitative estimate of drug-likeness (QED) is 0.836. The lowest BCUT2D eigenvalue weighted by molar-refractivity contribution is -0.132. The summed E-state index contributed by atoms with van der Waals surface area (Å²) in [6.07, 6.45) is 3.03. The molecule has 1 aromatic rings. The van der Waals surface area contributed by atoms with E-state index in [4.69, 9.17) is 4.74 Å². The van der Waals surface area contributed by atoms with Crippen molar-refractivity contribution in [3.63, 3.8) is 0 Å². The molecule has 1 heterocycles. The van der Waals surface area contributed by atoms with Gasteiger partial charge in [0.1, 0.15) is 0 Å². The molecule has 0 unspecified atom stereocenters. The normalized spacial score (nSPS) is 17.5. The second kappa shape index (κ2) is 4.31. The van der Waals surface area contributed by atoms with Gasteiger partial charge in [-0.15, -0.1) is 0 Å². The maximum atomic E-state index is 10.9. The Morgan fingerprint density at radius 3 is 2.60 bits per heavy atom. The van der Waals surface area contributed by atoms with Gasteiger partial charge in [0, 0.05) is 18.0 Å². The Labute approximate surface area is 95.6 Å². The van der Waals surface area contributed by atoms with Gasteiger partial charge in [-0.2, -0.15) is 0 Å². The number of allylic oxidation sites excluding steroid dienone is 1. The molecule has 0 saturated heterocycles. The highest BCUT2D eigenvalue weighted by atomic mass is 79.9. The predicted molar refractivity (Wildman–Crippen MR) is 61.2 cm³/mol. The molecule has 1 aromatic carbocycles. The molecule has 0 bridgehead atoms. The van der Waals surface area contributed by atoms with Crippen molar-refractivity contribution in [2.75, 3.05) is 5.32 Å². The van der Waals surface area contributed by atoms with Gasteiger partial charge in [-0.25, -0.2) is 4.79 Å². The SMILES string of the molecule is O=C1C=C(Br)/C(=C/Nc2ccccc2)O1. The van der Waals surface area contributed by atoms with E-state index in [-0.39, 0.29) is 5.97 Å². The first-order valence-electron chi connectivity index (χ1n) is 4.37. The number of cyclic esters (lactones) is 1. The largest absolute Gasteiger partial charge is 0.421 e. The third-order valence-electron chi connectivity index (χ3n) is 1.83. The highest BCUT2D eigenvalue weighted by Gasteiger charge is 2.17. The molecule has 2 rings (SSSR count). The summed E-state index contributed by atoms with van der Waals surface area (Å²) in [5.74, 6) is 0.131. The summed E-state index contributed by atoms with van der Waals surface area (Å²) in [5, 5.41) is 3.03. The topological polar surface area (TPSA) is 38.3 Å². The van der Waals surface area contributed by atoms with E-state index in [2.05, 4.69) is 21.2 Å². The molecule has 0 fully saturated rings. The summed E-state index contributed by atoms with van der Waals surface area (Å²) in [5.41, 5.74) is 0.938. The van der Waals surface area contributed by atoms with Crippen LogP contribution in [0.4, 0.5) is 5.69 Å². The Balaban J connectivity index is 2.08. The van der Waals surface area contributed by atoms with Crippen LogP contribution in [0.5, 0.6) is 0 Å². The predicted octanol–water partition coefficient (Wildman–Crippen LogP) is 2.78. The van der Waals surface area contributed by atoms with Crippen LogP contribution >= 0.6 is 15.9 Å². The van der Waals surface area contributed by atoms with Crippen LogP contribution in [0.25, 0.3) is 0 Å². The van der Waals surface area contributed by atoms with E-state index in [1.165, 1.54) is 6.08 Å². The molecule has 1 aliphatic heterocycles. The summed E-state index contributed by atoms with van der Waals surface area (Å²) in [7, 11) is 0. The fourth-order valence-electron chi connectivity index (χ4n) is 1.14. The first-order chi connectivity index (χ1) is 7.25. The molecule has 3 nitrogen and oxygen atoms in total. The molecular weight excluding hydrogens is 258 g/mol. The Morgan fingerprint density at radius 1 is 1.27 bits per heavy atom. The number of benzene rings is 1. The highest BCUT2D eigenvalue weighted by Crippen LogP contribution is 2.24. The van der Waals surface area contributed by atoms with Crippen molar-refractivity contribution >= 4 is 27.6 Å². The van der Waals surface area contributed by atoms with Crippen molar-refractivity contribution in [2.24, 2.45) is 0 Å². The number of ether oxygens (including phenoxy) is 1. The molecule has 76 valence electrons. The minimum absolute atomic E-state index is 0.358. The van der Waals surface area contributed by atoms with Gasteiger partial charge in [0.05, 0.1) is 4.48 Å². The van der Waals surface area contributed by atoms with Crippen molar-refractivity contribution < 1.29 is 9.53 Å². The second-order valence-corrected chi connectivity index (χ2v) is 3.79. The minimum Gasteiger partial charge on any atom is -0.421 e. The van der Waals surface area contributed by atoms with Gasteiger partial charge in [0.25, 0.3) is 0 Å². The Morgan fingerprint density at radius 2 is 2.00 bits per heavy atom. The van der Waals surface area contributed by atoms with Gasteiger partial charge in [-0.05, 0) is 28.1 Å². The molecule has 0 aliphatic carbocycles. The fraction of sp³-hybridized carbons (Fsp3) is 0. The summed E-state index contributed by atoms with van der Waals surface area (Å²) in [4.78, 5) is 10.9. The number of nitrogens with one attached hydrogen (secondary N) is 1. The average Bonchev–Trinajstić information content (AvgIpc) is 2.56. The van der Waals surface area contributed by atoms with E-state index in [1.807, 2.05) is 30.3 Å². The molecule has 4 heteroatoms. The van der Waals surface area contributed by atoms with Crippen LogP contribution in [-0.4, -0.2) is 5.97 Å². The number of halogens is 1. The van der Waals surface area contributed by atoms with Crippen LogP contribution < -0.4 is 5.32 Å². The van der Waals surface area contributed by atoms with Crippen LogP contribution in [-0.2, 0) is 9.53 Å². The van der Waals surface area contributed by atoms with Gasteiger partial charge in [-0.3, -0.25) is 0 Å². The Bertz CT molecular complexity index is 437. The highest BCUT2D eigenvalue weighted by molar-refractivity contribution is 9.12. The third-order valence-corrected chi connectivity index (χ3v) is 2.45. The van der Waals surface area contributed by atoms with Crippen LogP contribution in [0.2, 0.25) is 0 Å². The number of carbonyl (C=O) groups excluding carboxylic acids is 1. The van der Waals surface area contributed by atoms with Crippen molar-refractivity contribution in [1.82, 2.24) is 0 Å². The summed E-state index contributed by atoms with van der Waals surface area (Å²) in [6.45, 7) is 0. The fourth-order valence-corrected chi connectivity index (χ4v) is 1.53. The van der Waals surface area contributed by atoms with Gasteiger partial charge in [-0.1, -0.05) is 18.2 Å². The van der Waals surface area contributed by atoms with E-state index in [9.17, 15) is 4.79 Å². The van der Waals surface area contributed by atoms with Crippen molar-refractivity contribution in [3.8, 4) is 0 Å². The third kappa shape index (κ3) is 2.47. The number of para-hydroxylation sites is 1. The van der Waals surface area contributed by atoms with Crippen LogP contribution in [0, 0.1) is 0 Å². The average molecular weight is 266 g/mol. The second-order valence-electron chi connectivity index (χ2n) is 2.93. The molecule has 0 atom stereocenters. The van der Waals surface area contributed by atoms with Gasteiger partial charge in [0.2, 0.25) is 0 Å². The molecule has 0 spiro atoms. The van der Waals surface area contributed by atoms with Crippen LogP contribution in [0.3, 0.4) is 0 Å². The van der Waals surface area contributed by atoms with E-state index in [0.717, 1.165) is 5.69 Å². The van der Waals surface area contributed by atoms with Crippen molar-refractivity contribution in [3.05, 3.63) is 52.8 Å². The zero-order chi connectivity index (χ0) is 10.7. The van der Waals surface area contributed by atoms with Crippen molar-refractivity contribution in [2.45, 2.75) is 0 Å². The minimum atomic E-state index is -0.358. The monoisotopic (exact) mass is 265 g/mol. The summed E-state index contributed by atoms with van der Waals surface area (Å²) < 4.78 is 5.56. The molecule has 0 amide bonds. The maximum absolute atomic E-state index is 10.9. The van der Waals surface area contributed by atoms with E-state index in [1.54, 1.807) is 6.20 Å². The number of hydrogen-bond acceptors (Lipinski definition) is 3. The van der Waals surface area contributed by atoms with Gasteiger partial charge < -0.3 is 10.1 Å². The first kappa shape index (κ1) is 9.98.